The zero-order valence-corrected chi connectivity index (χ0v) is 21.5. The topological polar surface area (TPSA) is 266 Å². The van der Waals surface area contributed by atoms with Gasteiger partial charge >= 0.3 is 0 Å². The molecule has 3 fully saturated rings. The number of ether oxygens (including phenoxy) is 5. The molecule has 15 atom stereocenters. The number of hydrogen-bond donors (Lipinski definition) is 10. The molecule has 0 aromatic rings. The number of aliphatic hydroxyl groups is 8. The summed E-state index contributed by atoms with van der Waals surface area (Å²) in [5.41, 5.74) is 0. The number of nitrogens with one attached hydrogen (secondary N) is 2. The summed E-state index contributed by atoms with van der Waals surface area (Å²) in [6.07, 6.45) is -19.6. The lowest BCUT2D eigenvalue weighted by molar-refractivity contribution is -0.342. The predicted molar refractivity (Wildman–Crippen MR) is 123 cm³/mol. The van der Waals surface area contributed by atoms with Gasteiger partial charge in [-0.2, -0.15) is 0 Å². The molecule has 3 heterocycles. The van der Waals surface area contributed by atoms with Gasteiger partial charge in [0.2, 0.25) is 11.8 Å². The van der Waals surface area contributed by atoms with Crippen molar-refractivity contribution >= 4 is 11.8 Å². The summed E-state index contributed by atoms with van der Waals surface area (Å²) in [5, 5.41) is 86.9. The molecule has 17 heteroatoms. The number of rotatable bonds is 8. The first kappa shape index (κ1) is 31.9. The van der Waals surface area contributed by atoms with E-state index < -0.39 is 117 Å². The van der Waals surface area contributed by atoms with Crippen molar-refractivity contribution in [1.82, 2.24) is 10.6 Å². The van der Waals surface area contributed by atoms with Crippen LogP contribution in [-0.4, -0.2) is 158 Å². The van der Waals surface area contributed by atoms with E-state index in [-0.39, 0.29) is 0 Å². The molecular formula is C22H38N2O15. The van der Waals surface area contributed by atoms with Gasteiger partial charge in [-0.1, -0.05) is 0 Å². The Labute approximate surface area is 223 Å². The highest BCUT2D eigenvalue weighted by atomic mass is 16.7. The summed E-state index contributed by atoms with van der Waals surface area (Å²) < 4.78 is 27.6. The molecule has 0 aromatic carbocycles. The van der Waals surface area contributed by atoms with Crippen LogP contribution in [0, 0.1) is 0 Å². The van der Waals surface area contributed by atoms with E-state index in [0.717, 1.165) is 13.8 Å². The molecule has 2 amide bonds. The maximum Gasteiger partial charge on any atom is 0.217 e. The smallest absolute Gasteiger partial charge is 0.217 e. The zero-order chi connectivity index (χ0) is 29.2. The van der Waals surface area contributed by atoms with Gasteiger partial charge in [0.25, 0.3) is 0 Å². The quantitative estimate of drug-likeness (QED) is 0.130. The first-order valence-electron chi connectivity index (χ1n) is 12.4. The Morgan fingerprint density at radius 1 is 0.718 bits per heavy atom. The minimum absolute atomic E-state index is 0.557. The second-order valence-corrected chi connectivity index (χ2v) is 9.83. The maximum atomic E-state index is 11.8. The highest BCUT2D eigenvalue weighted by molar-refractivity contribution is 5.73. The van der Waals surface area contributed by atoms with Crippen molar-refractivity contribution in [2.75, 3.05) is 13.2 Å². The van der Waals surface area contributed by atoms with Crippen LogP contribution in [0.25, 0.3) is 0 Å². The Morgan fingerprint density at radius 2 is 1.33 bits per heavy atom. The van der Waals surface area contributed by atoms with E-state index in [1.54, 1.807) is 0 Å². The summed E-state index contributed by atoms with van der Waals surface area (Å²) in [6, 6.07) is -2.66. The predicted octanol–water partition coefficient (Wildman–Crippen LogP) is -6.26. The first-order chi connectivity index (χ1) is 18.3. The molecule has 0 aliphatic carbocycles. The third-order valence-corrected chi connectivity index (χ3v) is 6.84. The van der Waals surface area contributed by atoms with E-state index in [1.165, 1.54) is 6.92 Å². The summed E-state index contributed by atoms with van der Waals surface area (Å²) in [5.74, 6) is -1.21. The molecule has 0 aromatic heterocycles. The van der Waals surface area contributed by atoms with Gasteiger partial charge in [0.1, 0.15) is 67.0 Å². The van der Waals surface area contributed by atoms with Crippen molar-refractivity contribution in [1.29, 1.82) is 0 Å². The van der Waals surface area contributed by atoms with Crippen molar-refractivity contribution in [3.05, 3.63) is 0 Å². The lowest BCUT2D eigenvalue weighted by Gasteiger charge is -2.47. The Kier molecular flexibility index (Phi) is 11.0. The van der Waals surface area contributed by atoms with Gasteiger partial charge in [0.15, 0.2) is 18.9 Å². The average molecular weight is 571 g/mol. The molecule has 226 valence electrons. The van der Waals surface area contributed by atoms with E-state index in [4.69, 9.17) is 23.7 Å². The van der Waals surface area contributed by atoms with E-state index in [1.807, 2.05) is 0 Å². The Hall–Kier alpha value is -1.58. The second kappa shape index (κ2) is 13.4. The fraction of sp³-hybridized carbons (Fsp3) is 0.909. The maximum absolute atomic E-state index is 11.8. The second-order valence-electron chi connectivity index (χ2n) is 9.83. The SMILES string of the molecule is CC(=O)N[C@H]1[C@H](OC[C@H]2OC(O)[C@H](NC(C)=O)[C@@H](O[C@@H]3O[C@H](C)[C@H](O)[C@H](O)[C@H]3O)[C@H]2O)O[C@H](CO)[C@@H](O)[C@@H]1O. The molecule has 17 nitrogen and oxygen atoms in total. The molecule has 1 unspecified atom stereocenters. The van der Waals surface area contributed by atoms with Gasteiger partial charge in [-0.05, 0) is 6.92 Å². The number of carbonyl (C=O) groups is 2. The number of hydrogen-bond acceptors (Lipinski definition) is 15. The van der Waals surface area contributed by atoms with Crippen LogP contribution in [0.1, 0.15) is 20.8 Å². The number of amides is 2. The van der Waals surface area contributed by atoms with E-state index in [0.29, 0.717) is 0 Å². The standard InChI is InChI=1S/C22H38N2O15/c1-6-13(28)17(32)18(33)22(36-6)39-19-12(24-8(3)27)20(34)37-10(15(19)30)5-35-21-11(23-7(2)26)16(31)14(29)9(4-25)38-21/h6,9-22,25,28-34H,4-5H2,1-3H3,(H,23,26)(H,24,27)/t6-,9-,10-,11-,12-,13+,14-,15+,16-,17+,18-,19-,20?,21-,22+/m1/s1. The minimum Gasteiger partial charge on any atom is -0.394 e. The minimum atomic E-state index is -1.78. The molecule has 0 radical (unpaired) electrons. The fourth-order valence-electron chi connectivity index (χ4n) is 4.70. The lowest BCUT2D eigenvalue weighted by atomic mass is 9.95. The van der Waals surface area contributed by atoms with Crippen molar-refractivity contribution in [2.45, 2.75) is 113 Å². The molecular weight excluding hydrogens is 532 g/mol. The highest BCUT2D eigenvalue weighted by Crippen LogP contribution is 2.30. The van der Waals surface area contributed by atoms with Crippen LogP contribution in [0.4, 0.5) is 0 Å². The van der Waals surface area contributed by atoms with Crippen molar-refractivity contribution in [3.63, 3.8) is 0 Å². The number of carbonyl (C=O) groups excluding carboxylic acids is 2. The van der Waals surface area contributed by atoms with Crippen molar-refractivity contribution in [3.8, 4) is 0 Å². The van der Waals surface area contributed by atoms with Gasteiger partial charge in [0, 0.05) is 13.8 Å². The monoisotopic (exact) mass is 570 g/mol. The van der Waals surface area contributed by atoms with Crippen molar-refractivity contribution in [2.24, 2.45) is 0 Å². The molecule has 3 saturated heterocycles. The van der Waals surface area contributed by atoms with Crippen molar-refractivity contribution < 1.29 is 74.1 Å². The van der Waals surface area contributed by atoms with Crippen LogP contribution >= 0.6 is 0 Å². The molecule has 3 aliphatic rings. The Balaban J connectivity index is 1.77. The average Bonchev–Trinajstić information content (AvgIpc) is 2.87. The van der Waals surface area contributed by atoms with E-state index >= 15 is 0 Å². The third kappa shape index (κ3) is 7.20. The largest absolute Gasteiger partial charge is 0.394 e. The first-order valence-corrected chi connectivity index (χ1v) is 12.4. The molecule has 39 heavy (non-hydrogen) atoms. The van der Waals surface area contributed by atoms with Gasteiger partial charge in [-0.3, -0.25) is 9.59 Å². The molecule has 0 spiro atoms. The van der Waals surface area contributed by atoms with Gasteiger partial charge in [-0.25, -0.2) is 0 Å². The van der Waals surface area contributed by atoms with Crippen LogP contribution < -0.4 is 10.6 Å². The zero-order valence-electron chi connectivity index (χ0n) is 21.5. The molecule has 0 saturated carbocycles. The summed E-state index contributed by atoms with van der Waals surface area (Å²) >= 11 is 0. The third-order valence-electron chi connectivity index (χ3n) is 6.84. The molecule has 3 aliphatic heterocycles. The van der Waals surface area contributed by atoms with E-state index in [2.05, 4.69) is 10.6 Å². The Morgan fingerprint density at radius 3 is 1.92 bits per heavy atom. The van der Waals surface area contributed by atoms with Gasteiger partial charge in [0.05, 0.1) is 19.3 Å². The fourth-order valence-corrected chi connectivity index (χ4v) is 4.70. The van der Waals surface area contributed by atoms with Gasteiger partial charge in [-0.15, -0.1) is 0 Å². The van der Waals surface area contributed by atoms with E-state index in [9.17, 15) is 50.4 Å². The number of aliphatic hydroxyl groups excluding tert-OH is 8. The van der Waals surface area contributed by atoms with Crippen LogP contribution in [-0.2, 0) is 33.3 Å². The Bertz CT molecular complexity index is 837. The molecule has 0 bridgehead atoms. The molecule has 10 N–H and O–H groups in total. The van der Waals surface area contributed by atoms with Crippen LogP contribution in [0.15, 0.2) is 0 Å². The van der Waals surface area contributed by atoms with Gasteiger partial charge < -0.3 is 75.2 Å². The summed E-state index contributed by atoms with van der Waals surface area (Å²) in [4.78, 5) is 23.4. The summed E-state index contributed by atoms with van der Waals surface area (Å²) in [7, 11) is 0. The van der Waals surface area contributed by atoms with Crippen LogP contribution in [0.3, 0.4) is 0 Å². The molecule has 3 rings (SSSR count). The van der Waals surface area contributed by atoms with Crippen LogP contribution in [0.5, 0.6) is 0 Å². The lowest BCUT2D eigenvalue weighted by Crippen LogP contribution is -2.68. The summed E-state index contributed by atoms with van der Waals surface area (Å²) in [6.45, 7) is 2.45. The highest BCUT2D eigenvalue weighted by Gasteiger charge is 2.51. The van der Waals surface area contributed by atoms with Crippen LogP contribution in [0.2, 0.25) is 0 Å². The normalized spacial score (nSPS) is 46.9.